The number of rotatable bonds is 6. The van der Waals surface area contributed by atoms with E-state index in [1.807, 2.05) is 4.90 Å². The fourth-order valence-electron chi connectivity index (χ4n) is 6.10. The first-order valence-corrected chi connectivity index (χ1v) is 14.8. The van der Waals surface area contributed by atoms with Gasteiger partial charge in [0.1, 0.15) is 35.7 Å². The summed E-state index contributed by atoms with van der Waals surface area (Å²) < 4.78 is 79.2. The van der Waals surface area contributed by atoms with Crippen LogP contribution in [0.3, 0.4) is 0 Å². The fourth-order valence-corrected chi connectivity index (χ4v) is 7.70. The van der Waals surface area contributed by atoms with Crippen molar-refractivity contribution in [2.75, 3.05) is 30.7 Å². The number of ether oxygens (including phenoxy) is 1. The van der Waals surface area contributed by atoms with E-state index in [-0.39, 0.29) is 107 Å². The van der Waals surface area contributed by atoms with E-state index in [1.54, 1.807) is 22.6 Å². The third kappa shape index (κ3) is 5.00. The second kappa shape index (κ2) is 10.9. The molecule has 4 heterocycles. The topological polar surface area (TPSA) is 96.5 Å². The second-order valence-corrected chi connectivity index (χ2v) is 13.0. The molecule has 3 atom stereocenters. The third-order valence-corrected chi connectivity index (χ3v) is 10.2. The number of thiophene rings is 1. The summed E-state index contributed by atoms with van der Waals surface area (Å²) in [5, 5.41) is 14.1. The Morgan fingerprint density at radius 3 is 2.76 bits per heavy atom. The first kappa shape index (κ1) is 30.7. The SMILES string of the molecule is Nc1[c-]c2c(-c3c(I)c(O)c4c(NC5CC5(F)F)nc(OC[C@@]56CCCN5C[C@H](F)C6)nc4c3F)ccc(F)c2s1.[Ce]. The normalized spacial score (nSPS) is 24.6. The Hall–Kier alpha value is -1.34. The minimum absolute atomic E-state index is 0. The van der Waals surface area contributed by atoms with E-state index in [9.17, 15) is 22.7 Å². The van der Waals surface area contributed by atoms with Crippen molar-refractivity contribution in [3.05, 3.63) is 33.4 Å². The van der Waals surface area contributed by atoms with Gasteiger partial charge in [-0.1, -0.05) is 0 Å². The van der Waals surface area contributed by atoms with Gasteiger partial charge >= 0.3 is 6.01 Å². The molecule has 42 heavy (non-hydrogen) atoms. The molecule has 2 saturated heterocycles. The van der Waals surface area contributed by atoms with Crippen molar-refractivity contribution in [1.29, 1.82) is 0 Å². The van der Waals surface area contributed by atoms with Crippen LogP contribution in [-0.2, 0) is 0 Å². The Labute approximate surface area is 287 Å². The van der Waals surface area contributed by atoms with E-state index in [1.165, 1.54) is 12.1 Å². The van der Waals surface area contributed by atoms with Crippen molar-refractivity contribution in [1.82, 2.24) is 14.9 Å². The van der Waals surface area contributed by atoms with Crippen LogP contribution < -0.4 is 15.8 Å². The van der Waals surface area contributed by atoms with Gasteiger partial charge < -0.3 is 20.9 Å². The van der Waals surface area contributed by atoms with E-state index in [0.717, 1.165) is 24.3 Å². The number of nitrogen functional groups attached to an aromatic ring is 1. The van der Waals surface area contributed by atoms with Gasteiger partial charge in [0.2, 0.25) is 0 Å². The maximum Gasteiger partial charge on any atom is 0.319 e. The molecule has 0 spiro atoms. The van der Waals surface area contributed by atoms with Crippen LogP contribution in [0, 0.1) is 63.0 Å². The largest absolute Gasteiger partial charge is 0.506 e. The van der Waals surface area contributed by atoms with Crippen LogP contribution in [0.5, 0.6) is 11.8 Å². The number of nitrogens with one attached hydrogen (secondary N) is 1. The minimum atomic E-state index is -2.99. The van der Waals surface area contributed by atoms with Crippen LogP contribution >= 0.6 is 33.9 Å². The Balaban J connectivity index is 0.00000316. The number of nitrogens with zero attached hydrogens (tertiary/aromatic N) is 3. The van der Waals surface area contributed by atoms with E-state index in [2.05, 4.69) is 21.4 Å². The average Bonchev–Trinajstić information content (AvgIpc) is 3.25. The van der Waals surface area contributed by atoms with E-state index < -0.39 is 47.5 Å². The van der Waals surface area contributed by atoms with E-state index in [0.29, 0.717) is 13.0 Å². The predicted octanol–water partition coefficient (Wildman–Crippen LogP) is 6.26. The van der Waals surface area contributed by atoms with Crippen molar-refractivity contribution >= 4 is 65.7 Å². The number of anilines is 2. The molecule has 4 aromatic rings. The molecule has 0 amide bonds. The standard InChI is InChI=1S/C27H22F5IN5O2S.Ce/c28-11-7-26(4-1-5-38(26)9-11)10-40-25-36-21-18(24(37-25)35-15-8-27(15,31)32)22(39)20(33)17(19(21)30)12-2-3-14(29)23-13(12)6-16(34)41-23;/h2-3,11,15,39H,1,4-5,7-10,34H2,(H,35,36,37);/q-1;/t11-,15?,26+;/m1./s1. The molecule has 2 aliphatic heterocycles. The minimum Gasteiger partial charge on any atom is -0.506 e. The Morgan fingerprint density at radius 1 is 1.26 bits per heavy atom. The summed E-state index contributed by atoms with van der Waals surface area (Å²) in [5.41, 5.74) is 5.08. The summed E-state index contributed by atoms with van der Waals surface area (Å²) in [6, 6.07) is 3.81. The zero-order valence-electron chi connectivity index (χ0n) is 21.7. The fraction of sp³-hybridized carbons (Fsp3) is 0.407. The smallest absolute Gasteiger partial charge is 0.319 e. The molecule has 7 rings (SSSR count). The van der Waals surface area contributed by atoms with Gasteiger partial charge in [0.15, 0.2) is 0 Å². The molecule has 3 aliphatic rings. The number of phenols is 1. The van der Waals surface area contributed by atoms with Gasteiger partial charge in [0.05, 0.1) is 26.4 Å². The number of hydrogen-bond acceptors (Lipinski definition) is 8. The monoisotopic (exact) mass is 842 g/mol. The van der Waals surface area contributed by atoms with E-state index >= 15 is 4.39 Å². The van der Waals surface area contributed by atoms with E-state index in [4.69, 9.17) is 10.5 Å². The molecule has 7 nitrogen and oxygen atoms in total. The zero-order chi connectivity index (χ0) is 28.8. The van der Waals surface area contributed by atoms with Crippen LogP contribution in [0.1, 0.15) is 25.7 Å². The zero-order valence-corrected chi connectivity index (χ0v) is 27.8. The summed E-state index contributed by atoms with van der Waals surface area (Å²) in [6.07, 6.45) is 0.405. The molecule has 1 unspecified atom stereocenters. The number of aromatic hydroxyl groups is 1. The predicted molar refractivity (Wildman–Crippen MR) is 153 cm³/mol. The maximum atomic E-state index is 16.5. The molecular weight excluding hydrogens is 820 g/mol. The van der Waals surface area contributed by atoms with Crippen molar-refractivity contribution in [2.45, 2.75) is 49.4 Å². The first-order valence-electron chi connectivity index (χ1n) is 13.0. The molecule has 1 aliphatic carbocycles. The molecule has 2 aromatic heterocycles. The van der Waals surface area contributed by atoms with Crippen LogP contribution in [-0.4, -0.2) is 63.3 Å². The van der Waals surface area contributed by atoms with Crippen molar-refractivity contribution in [3.8, 4) is 22.9 Å². The first-order chi connectivity index (χ1) is 19.5. The second-order valence-electron chi connectivity index (χ2n) is 10.8. The van der Waals surface area contributed by atoms with Gasteiger partial charge in [-0.15, -0.1) is 17.7 Å². The van der Waals surface area contributed by atoms with Crippen LogP contribution in [0.2, 0.25) is 0 Å². The third-order valence-electron chi connectivity index (χ3n) is 8.19. The number of alkyl halides is 3. The summed E-state index contributed by atoms with van der Waals surface area (Å²) in [7, 11) is 0. The van der Waals surface area contributed by atoms with Crippen LogP contribution in [0.4, 0.5) is 32.8 Å². The van der Waals surface area contributed by atoms with Crippen molar-refractivity contribution < 1.29 is 73.5 Å². The number of hydrogen-bond donors (Lipinski definition) is 3. The molecule has 220 valence electrons. The van der Waals surface area contributed by atoms with Gasteiger partial charge in [-0.25, -0.2) is 22.0 Å². The number of fused-ring (bicyclic) bond motifs is 3. The number of benzene rings is 2. The number of aromatic nitrogens is 2. The van der Waals surface area contributed by atoms with Gasteiger partial charge in [-0.05, 0) is 58.3 Å². The molecule has 2 aromatic carbocycles. The molecule has 3 fully saturated rings. The van der Waals surface area contributed by atoms with Gasteiger partial charge in [-0.3, -0.25) is 4.90 Å². The summed E-state index contributed by atoms with van der Waals surface area (Å²) in [6.45, 7) is 1.06. The molecule has 4 N–H and O–H groups in total. The Bertz CT molecular complexity index is 1750. The van der Waals surface area contributed by atoms with Gasteiger partial charge in [-0.2, -0.15) is 26.7 Å². The average molecular weight is 843 g/mol. The molecule has 0 radical (unpaired) electrons. The maximum absolute atomic E-state index is 16.5. The Morgan fingerprint density at radius 2 is 2.02 bits per heavy atom. The summed E-state index contributed by atoms with van der Waals surface area (Å²) in [4.78, 5) is 10.5. The summed E-state index contributed by atoms with van der Waals surface area (Å²) >= 11 is 2.70. The molecular formula is C27H22CeF5IN5O2S-. The molecule has 15 heteroatoms. The van der Waals surface area contributed by atoms with Crippen molar-refractivity contribution in [3.63, 3.8) is 0 Å². The Kier molecular flexibility index (Phi) is 7.98. The van der Waals surface area contributed by atoms with Crippen LogP contribution in [0.15, 0.2) is 12.1 Å². The number of phenolic OH excluding ortho intramolecular Hbond substituents is 1. The summed E-state index contributed by atoms with van der Waals surface area (Å²) in [5.74, 6) is -5.08. The molecule has 0 bridgehead atoms. The van der Waals surface area contributed by atoms with Gasteiger partial charge in [0, 0.05) is 66.1 Å². The van der Waals surface area contributed by atoms with Crippen LogP contribution in [0.25, 0.3) is 32.1 Å². The quantitative estimate of drug-likeness (QED) is 0.120. The van der Waals surface area contributed by atoms with Gasteiger partial charge in [0.25, 0.3) is 5.92 Å². The van der Waals surface area contributed by atoms with Crippen molar-refractivity contribution in [2.24, 2.45) is 0 Å². The number of halogens is 6. The number of nitrogens with two attached hydrogens (primary N) is 1. The molecule has 1 saturated carbocycles.